The van der Waals surface area contributed by atoms with E-state index in [2.05, 4.69) is 27.8 Å². The first kappa shape index (κ1) is 16.8. The van der Waals surface area contributed by atoms with Crippen LogP contribution in [0.1, 0.15) is 51.0 Å². The summed E-state index contributed by atoms with van der Waals surface area (Å²) in [5.41, 5.74) is 1.42. The number of thiophene rings is 1. The fourth-order valence-electron chi connectivity index (χ4n) is 2.04. The van der Waals surface area contributed by atoms with E-state index in [1.54, 1.807) is 2.89 Å². The van der Waals surface area contributed by atoms with Gasteiger partial charge in [-0.2, -0.15) is 0 Å². The molecule has 1 rings (SSSR count). The van der Waals surface area contributed by atoms with Gasteiger partial charge >= 0.3 is 127 Å². The number of aryl methyl sites for hydroxylation is 1. The van der Waals surface area contributed by atoms with Gasteiger partial charge in [0.25, 0.3) is 0 Å². The van der Waals surface area contributed by atoms with E-state index < -0.39 is 18.4 Å². The third kappa shape index (κ3) is 5.83. The molecule has 104 valence electrons. The van der Waals surface area contributed by atoms with Gasteiger partial charge in [-0.05, 0) is 0 Å². The van der Waals surface area contributed by atoms with Crippen LogP contribution in [0.4, 0.5) is 0 Å². The molecule has 0 saturated heterocycles. The number of halogens is 1. The Labute approximate surface area is 126 Å². The van der Waals surface area contributed by atoms with Crippen molar-refractivity contribution in [1.29, 1.82) is 0 Å². The first-order chi connectivity index (χ1) is 8.45. The second-order valence-electron chi connectivity index (χ2n) is 6.18. The minimum atomic E-state index is -1.89. The van der Waals surface area contributed by atoms with E-state index in [9.17, 15) is 0 Å². The SMILES string of the molecule is CCCCCCCCc1c[c]([Sn]([CH3])([CH3])[CH3])sc1Cl. The maximum atomic E-state index is 6.37. The molecule has 3 heteroatoms. The molecule has 0 saturated carbocycles. The number of unbranched alkanes of at least 4 members (excludes halogenated alkanes) is 5. The van der Waals surface area contributed by atoms with Crippen LogP contribution in [0.3, 0.4) is 0 Å². The zero-order valence-electron chi connectivity index (χ0n) is 12.3. The molecule has 1 heterocycles. The van der Waals surface area contributed by atoms with Crippen LogP contribution in [-0.2, 0) is 6.42 Å². The topological polar surface area (TPSA) is 0 Å². The third-order valence-corrected chi connectivity index (χ3v) is 14.2. The summed E-state index contributed by atoms with van der Waals surface area (Å²) in [6.45, 7) is 2.27. The average molecular weight is 394 g/mol. The van der Waals surface area contributed by atoms with Crippen molar-refractivity contribution >= 4 is 44.2 Å². The van der Waals surface area contributed by atoms with Crippen molar-refractivity contribution in [3.63, 3.8) is 0 Å². The van der Waals surface area contributed by atoms with Crippen molar-refractivity contribution in [2.75, 3.05) is 0 Å². The first-order valence-corrected chi connectivity index (χ1v) is 18.4. The Morgan fingerprint density at radius 3 is 2.22 bits per heavy atom. The molecular formula is C15H27ClSSn. The summed E-state index contributed by atoms with van der Waals surface area (Å²) in [4.78, 5) is 7.39. The minimum absolute atomic E-state index is 1.06. The molecular weight excluding hydrogens is 366 g/mol. The number of hydrogen-bond donors (Lipinski definition) is 0. The van der Waals surface area contributed by atoms with Crippen molar-refractivity contribution in [2.24, 2.45) is 0 Å². The van der Waals surface area contributed by atoms with E-state index in [1.807, 2.05) is 11.3 Å². The van der Waals surface area contributed by atoms with Gasteiger partial charge in [-0.15, -0.1) is 0 Å². The van der Waals surface area contributed by atoms with E-state index in [1.165, 1.54) is 50.5 Å². The molecule has 0 bridgehead atoms. The molecule has 1 aromatic heterocycles. The van der Waals surface area contributed by atoms with Crippen molar-refractivity contribution in [3.8, 4) is 0 Å². The van der Waals surface area contributed by atoms with Gasteiger partial charge in [0.15, 0.2) is 0 Å². The Morgan fingerprint density at radius 2 is 1.67 bits per heavy atom. The maximum absolute atomic E-state index is 6.37. The standard InChI is InChI=1S/C12H18ClS.3CH3.Sn/c1-2-3-4-5-6-7-8-11-9-10-14-12(11)13;;;;/h9H,2-8H2,1H3;3*1H3;. The van der Waals surface area contributed by atoms with Gasteiger partial charge < -0.3 is 0 Å². The number of hydrogen-bond acceptors (Lipinski definition) is 1. The Kier molecular flexibility index (Phi) is 7.63. The van der Waals surface area contributed by atoms with E-state index in [4.69, 9.17) is 11.6 Å². The molecule has 1 aromatic rings. The fourth-order valence-corrected chi connectivity index (χ4v) is 9.22. The van der Waals surface area contributed by atoms with Crippen molar-refractivity contribution in [3.05, 3.63) is 16.0 Å². The summed E-state index contributed by atoms with van der Waals surface area (Å²) in [5.74, 6) is 0. The van der Waals surface area contributed by atoms with Gasteiger partial charge in [0.05, 0.1) is 0 Å². The van der Waals surface area contributed by atoms with Crippen LogP contribution in [0.5, 0.6) is 0 Å². The summed E-state index contributed by atoms with van der Waals surface area (Å²) >= 11 is 6.32. The molecule has 0 fully saturated rings. The van der Waals surface area contributed by atoms with Gasteiger partial charge in [0.1, 0.15) is 0 Å². The molecule has 0 spiro atoms. The summed E-state index contributed by atoms with van der Waals surface area (Å²) in [6, 6.07) is 2.41. The molecule has 0 N–H and O–H groups in total. The van der Waals surface area contributed by atoms with Gasteiger partial charge in [-0.1, -0.05) is 0 Å². The second-order valence-corrected chi connectivity index (χ2v) is 23.2. The van der Waals surface area contributed by atoms with Gasteiger partial charge in [-0.3, -0.25) is 0 Å². The van der Waals surface area contributed by atoms with Crippen molar-refractivity contribution in [2.45, 2.75) is 66.7 Å². The van der Waals surface area contributed by atoms with Crippen molar-refractivity contribution < 1.29 is 0 Å². The van der Waals surface area contributed by atoms with Crippen molar-refractivity contribution in [1.82, 2.24) is 0 Å². The molecule has 0 aliphatic carbocycles. The molecule has 0 nitrogen and oxygen atoms in total. The predicted octanol–water partition coefficient (Wildman–Crippen LogP) is 5.85. The zero-order valence-corrected chi connectivity index (χ0v) is 16.7. The Morgan fingerprint density at radius 1 is 1.06 bits per heavy atom. The van der Waals surface area contributed by atoms with Crippen LogP contribution in [0.15, 0.2) is 6.07 Å². The summed E-state index contributed by atoms with van der Waals surface area (Å²) < 4.78 is 2.68. The quantitative estimate of drug-likeness (QED) is 0.384. The Bertz CT molecular complexity index is 352. The van der Waals surface area contributed by atoms with Crippen LogP contribution in [0.25, 0.3) is 0 Å². The van der Waals surface area contributed by atoms with Gasteiger partial charge in [0.2, 0.25) is 0 Å². The molecule has 18 heavy (non-hydrogen) atoms. The molecule has 0 amide bonds. The Hall–Kier alpha value is 0.789. The fraction of sp³-hybridized carbons (Fsp3) is 0.733. The average Bonchev–Trinajstić information content (AvgIpc) is 2.65. The third-order valence-electron chi connectivity index (χ3n) is 3.30. The van der Waals surface area contributed by atoms with E-state index in [0.29, 0.717) is 0 Å². The molecule has 0 atom stereocenters. The summed E-state index contributed by atoms with van der Waals surface area (Å²) in [6.07, 6.45) is 9.36. The molecule has 0 aromatic carbocycles. The first-order valence-electron chi connectivity index (χ1n) is 7.24. The predicted molar refractivity (Wildman–Crippen MR) is 89.4 cm³/mol. The summed E-state index contributed by atoms with van der Waals surface area (Å²) in [5, 5.41) is 0. The molecule has 0 aliphatic rings. The van der Waals surface area contributed by atoms with Crippen LogP contribution in [-0.4, -0.2) is 18.4 Å². The van der Waals surface area contributed by atoms with E-state index in [0.717, 1.165) is 4.34 Å². The molecule has 0 aliphatic heterocycles. The summed E-state index contributed by atoms with van der Waals surface area (Å²) in [7, 11) is 0. The monoisotopic (exact) mass is 394 g/mol. The van der Waals surface area contributed by atoms with Crippen LogP contribution in [0.2, 0.25) is 19.2 Å². The van der Waals surface area contributed by atoms with Crippen LogP contribution >= 0.6 is 22.9 Å². The van der Waals surface area contributed by atoms with Gasteiger partial charge in [-0.25, -0.2) is 0 Å². The molecule has 0 unspecified atom stereocenters. The van der Waals surface area contributed by atoms with E-state index >= 15 is 0 Å². The molecule has 0 radical (unpaired) electrons. The van der Waals surface area contributed by atoms with Crippen LogP contribution in [0, 0.1) is 0 Å². The normalized spacial score (nSPS) is 12.1. The second kappa shape index (κ2) is 8.16. The van der Waals surface area contributed by atoms with Gasteiger partial charge in [0, 0.05) is 0 Å². The zero-order chi connectivity index (χ0) is 13.6. The van der Waals surface area contributed by atoms with E-state index in [-0.39, 0.29) is 0 Å². The Balaban J connectivity index is 2.36. The number of rotatable bonds is 8. The van der Waals surface area contributed by atoms with Crippen LogP contribution < -0.4 is 2.89 Å².